The Morgan fingerprint density at radius 2 is 1.87 bits per heavy atom. The molecule has 4 heteroatoms. The first-order valence-electron chi connectivity index (χ1n) is 5.64. The van der Waals surface area contributed by atoms with E-state index in [1.165, 1.54) is 0 Å². The van der Waals surface area contributed by atoms with Crippen LogP contribution in [0.2, 0.25) is 0 Å². The third kappa shape index (κ3) is 3.29. The van der Waals surface area contributed by atoms with Crippen LogP contribution in [-0.2, 0) is 9.59 Å². The summed E-state index contributed by atoms with van der Waals surface area (Å²) in [6.45, 7) is 2.56. The van der Waals surface area contributed by atoms with E-state index in [2.05, 4.69) is 5.32 Å². The molecule has 0 heterocycles. The molecule has 0 spiro atoms. The number of carbonyl (C=O) groups excluding carboxylic acids is 2. The smallest absolute Gasteiger partial charge is 0.305 e. The lowest BCUT2D eigenvalue weighted by molar-refractivity contribution is -0.142. The Morgan fingerprint density at radius 1 is 1.27 bits per heavy atom. The Kier molecular flexibility index (Phi) is 4.72. The third-order valence-corrected chi connectivity index (χ3v) is 2.94. The van der Waals surface area contributed by atoms with E-state index in [0.29, 0.717) is 19.4 Å². The van der Waals surface area contributed by atoms with E-state index >= 15 is 0 Å². The molecule has 0 aliphatic heterocycles. The maximum atomic E-state index is 12.7. The van der Waals surface area contributed by atoms with Gasteiger partial charge in [0.15, 0.2) is 0 Å². The minimum atomic E-state index is -1.33. The van der Waals surface area contributed by atoms with E-state index in [4.69, 9.17) is 0 Å². The highest BCUT2D eigenvalue weighted by molar-refractivity contribution is 5.85. The summed E-state index contributed by atoms with van der Waals surface area (Å²) in [5.74, 6) is -1.30. The summed E-state index contributed by atoms with van der Waals surface area (Å²) in [7, 11) is 0. The lowest BCUT2D eigenvalue weighted by Crippen LogP contribution is -2.39. The van der Waals surface area contributed by atoms with Crippen LogP contribution < -0.4 is 5.32 Å². The minimum Gasteiger partial charge on any atom is -0.356 e. The highest BCUT2D eigenvalue weighted by Crippen LogP contribution is 2.31. The van der Waals surface area contributed by atoms with Crippen LogP contribution in [0.15, 0.2) is 0 Å². The minimum absolute atomic E-state index is 0.160. The Bertz CT molecular complexity index is 243. The van der Waals surface area contributed by atoms with Gasteiger partial charge in [-0.25, -0.2) is 0 Å². The molecule has 1 aliphatic rings. The van der Waals surface area contributed by atoms with Gasteiger partial charge in [0, 0.05) is 6.54 Å². The maximum Gasteiger partial charge on any atom is 0.305 e. The van der Waals surface area contributed by atoms with Crippen LogP contribution in [0.3, 0.4) is 0 Å². The summed E-state index contributed by atoms with van der Waals surface area (Å²) < 4.78 is 12.7. The van der Waals surface area contributed by atoms with Gasteiger partial charge in [0.2, 0.25) is 5.91 Å². The average Bonchev–Trinajstić information content (AvgIpc) is 2.25. The number of hydrogen-bond acceptors (Lipinski definition) is 2. The normalized spacial score (nSPS) is 26.0. The van der Waals surface area contributed by atoms with Crippen LogP contribution in [-0.4, -0.2) is 18.5 Å². The topological polar surface area (TPSA) is 46.2 Å². The van der Waals surface area contributed by atoms with Crippen LogP contribution in [0.5, 0.6) is 0 Å². The highest BCUT2D eigenvalue weighted by atomic mass is 19.1. The van der Waals surface area contributed by atoms with Crippen molar-refractivity contribution in [3.05, 3.63) is 0 Å². The largest absolute Gasteiger partial charge is 0.356 e. The van der Waals surface area contributed by atoms with Crippen molar-refractivity contribution < 1.29 is 14.0 Å². The third-order valence-electron chi connectivity index (χ3n) is 2.94. The van der Waals surface area contributed by atoms with Crippen molar-refractivity contribution in [1.29, 1.82) is 0 Å². The molecule has 0 radical (unpaired) electrons. The average molecular weight is 215 g/mol. The van der Waals surface area contributed by atoms with Crippen molar-refractivity contribution in [3.8, 4) is 0 Å². The van der Waals surface area contributed by atoms with Crippen molar-refractivity contribution in [3.63, 3.8) is 0 Å². The van der Waals surface area contributed by atoms with Crippen LogP contribution in [0.4, 0.5) is 4.39 Å². The van der Waals surface area contributed by atoms with Crippen LogP contribution in [0.1, 0.15) is 39.0 Å². The molecule has 2 atom stereocenters. The van der Waals surface area contributed by atoms with E-state index in [9.17, 15) is 14.0 Å². The van der Waals surface area contributed by atoms with Crippen LogP contribution >= 0.6 is 0 Å². The van der Waals surface area contributed by atoms with E-state index in [1.807, 2.05) is 6.92 Å². The van der Waals surface area contributed by atoms with Crippen LogP contribution in [0.25, 0.3) is 0 Å². The highest BCUT2D eigenvalue weighted by Gasteiger charge is 2.35. The van der Waals surface area contributed by atoms with E-state index in [1.54, 1.807) is 0 Å². The van der Waals surface area contributed by atoms with Gasteiger partial charge < -0.3 is 5.32 Å². The fourth-order valence-electron chi connectivity index (χ4n) is 2.10. The molecule has 3 nitrogen and oxygen atoms in total. The van der Waals surface area contributed by atoms with Crippen molar-refractivity contribution in [2.24, 2.45) is 11.8 Å². The Balaban J connectivity index is 2.55. The fourth-order valence-corrected chi connectivity index (χ4v) is 2.10. The predicted octanol–water partition coefficient (Wildman–Crippen LogP) is 1.82. The van der Waals surface area contributed by atoms with Crippen molar-refractivity contribution in [1.82, 2.24) is 5.32 Å². The van der Waals surface area contributed by atoms with Crippen LogP contribution in [0, 0.1) is 11.8 Å². The van der Waals surface area contributed by atoms with E-state index < -0.39 is 17.9 Å². The number of carbonyl (C=O) groups is 2. The molecule has 1 N–H and O–H groups in total. The van der Waals surface area contributed by atoms with Gasteiger partial charge in [0.1, 0.15) is 0 Å². The van der Waals surface area contributed by atoms with Crippen molar-refractivity contribution in [2.75, 3.05) is 6.54 Å². The molecule has 0 aromatic heterocycles. The summed E-state index contributed by atoms with van der Waals surface area (Å²) in [4.78, 5) is 22.4. The molecule has 2 unspecified atom stereocenters. The molecule has 1 fully saturated rings. The molecule has 1 aliphatic carbocycles. The number of rotatable bonds is 4. The second-order valence-electron chi connectivity index (χ2n) is 4.09. The lowest BCUT2D eigenvalue weighted by atomic mass is 9.79. The Labute approximate surface area is 89.4 Å². The molecule has 1 rings (SSSR count). The van der Waals surface area contributed by atoms with Crippen molar-refractivity contribution in [2.45, 2.75) is 39.0 Å². The molecule has 0 aromatic rings. The van der Waals surface area contributed by atoms with Gasteiger partial charge in [-0.1, -0.05) is 19.8 Å². The molecule has 15 heavy (non-hydrogen) atoms. The van der Waals surface area contributed by atoms with Gasteiger partial charge in [0.05, 0.1) is 11.8 Å². The summed E-state index contributed by atoms with van der Waals surface area (Å²) in [6.07, 6.45) is 3.76. The molecule has 0 saturated heterocycles. The molecular formula is C11H18FNO2. The molecule has 1 saturated carbocycles. The molecule has 86 valence electrons. The van der Waals surface area contributed by atoms with Gasteiger partial charge in [-0.2, -0.15) is 4.39 Å². The molecule has 0 bridgehead atoms. The first kappa shape index (κ1) is 12.1. The first-order chi connectivity index (χ1) is 7.16. The van der Waals surface area contributed by atoms with Gasteiger partial charge in [-0.05, 0) is 19.3 Å². The number of amides is 1. The zero-order chi connectivity index (χ0) is 11.3. The van der Waals surface area contributed by atoms with Crippen molar-refractivity contribution >= 4 is 11.9 Å². The number of nitrogens with one attached hydrogen (secondary N) is 1. The SMILES string of the molecule is CCCNC(=O)C1CCCCC1C(=O)F. The molecule has 0 aromatic carbocycles. The van der Waals surface area contributed by atoms with Gasteiger partial charge in [-0.15, -0.1) is 0 Å². The van der Waals surface area contributed by atoms with Gasteiger partial charge >= 0.3 is 6.04 Å². The monoisotopic (exact) mass is 215 g/mol. The second kappa shape index (κ2) is 5.83. The predicted molar refractivity (Wildman–Crippen MR) is 54.9 cm³/mol. The van der Waals surface area contributed by atoms with Gasteiger partial charge in [0.25, 0.3) is 0 Å². The number of halogens is 1. The summed E-state index contributed by atoms with van der Waals surface area (Å²) in [5.41, 5.74) is 0. The number of hydrogen-bond donors (Lipinski definition) is 1. The quantitative estimate of drug-likeness (QED) is 0.727. The molecule has 1 amide bonds. The maximum absolute atomic E-state index is 12.7. The van der Waals surface area contributed by atoms with E-state index in [-0.39, 0.29) is 5.91 Å². The zero-order valence-electron chi connectivity index (χ0n) is 9.09. The van der Waals surface area contributed by atoms with E-state index in [0.717, 1.165) is 19.3 Å². The Hall–Kier alpha value is -0.930. The summed E-state index contributed by atoms with van der Waals surface area (Å²) in [6, 6.07) is -1.33. The Morgan fingerprint density at radius 3 is 2.40 bits per heavy atom. The molecular weight excluding hydrogens is 197 g/mol. The van der Waals surface area contributed by atoms with Gasteiger partial charge in [-0.3, -0.25) is 9.59 Å². The lowest BCUT2D eigenvalue weighted by Gasteiger charge is -2.27. The second-order valence-corrected chi connectivity index (χ2v) is 4.09. The summed E-state index contributed by atoms with van der Waals surface area (Å²) in [5, 5.41) is 2.73. The zero-order valence-corrected chi connectivity index (χ0v) is 9.09. The summed E-state index contributed by atoms with van der Waals surface area (Å²) >= 11 is 0. The first-order valence-corrected chi connectivity index (χ1v) is 5.64. The standard InChI is InChI=1S/C11H18FNO2/c1-2-7-13-11(15)9-6-4-3-5-8(9)10(12)14/h8-9H,2-7H2,1H3,(H,13,15). The fraction of sp³-hybridized carbons (Fsp3) is 0.818.